The van der Waals surface area contributed by atoms with Crippen molar-refractivity contribution in [3.63, 3.8) is 0 Å². The summed E-state index contributed by atoms with van der Waals surface area (Å²) in [5, 5.41) is 0. The van der Waals surface area contributed by atoms with E-state index in [1.807, 2.05) is 0 Å². The molecule has 0 aromatic rings. The third-order valence-electron chi connectivity index (χ3n) is 4.61. The van der Waals surface area contributed by atoms with E-state index in [9.17, 15) is 69.9 Å². The molecule has 17 heteroatoms. The van der Waals surface area contributed by atoms with E-state index in [1.54, 1.807) is 0 Å². The van der Waals surface area contributed by atoms with Crippen LogP contribution in [0.15, 0.2) is 46.6 Å². The molecule has 0 bridgehead atoms. The monoisotopic (exact) mass is 502 g/mol. The van der Waals surface area contributed by atoms with Gasteiger partial charge in [0, 0.05) is 0 Å². The van der Waals surface area contributed by atoms with Gasteiger partial charge in [0.05, 0.1) is 0 Å². The van der Waals surface area contributed by atoms with Gasteiger partial charge in [-0.3, -0.25) is 0 Å². The van der Waals surface area contributed by atoms with Crippen LogP contribution in [0.4, 0.5) is 61.5 Å². The van der Waals surface area contributed by atoms with Gasteiger partial charge >= 0.3 is 0 Å². The molecule has 176 valence electrons. The molecule has 4 unspecified atom stereocenters. The molecule has 0 aromatic heterocycles. The summed E-state index contributed by atoms with van der Waals surface area (Å²) in [6, 6.07) is 0. The topological polar surface area (TPSA) is 34.1 Å². The lowest BCUT2D eigenvalue weighted by Gasteiger charge is -2.44. The van der Waals surface area contributed by atoms with Crippen LogP contribution in [0.2, 0.25) is 0 Å². The largest absolute Gasteiger partial charge is 0.267 e. The zero-order chi connectivity index (χ0) is 24.4. The van der Waals surface area contributed by atoms with Crippen LogP contribution >= 0.6 is 0 Å². The van der Waals surface area contributed by atoms with Crippen LogP contribution in [0.3, 0.4) is 0 Å². The minimum absolute atomic E-state index is 3.25. The van der Waals surface area contributed by atoms with E-state index in [2.05, 4.69) is 0 Å². The summed E-state index contributed by atoms with van der Waals surface area (Å²) in [7, 11) is -7.96. The second-order valence-corrected chi connectivity index (χ2v) is 8.35. The van der Waals surface area contributed by atoms with Crippen molar-refractivity contribution in [2.45, 2.75) is 34.7 Å². The van der Waals surface area contributed by atoms with Crippen LogP contribution < -0.4 is 0 Å². The lowest BCUT2D eigenvalue weighted by Crippen LogP contribution is -2.68. The summed E-state index contributed by atoms with van der Waals surface area (Å²) >= 11 is 0. The van der Waals surface area contributed by atoms with Crippen molar-refractivity contribution in [2.24, 2.45) is 0 Å². The predicted molar refractivity (Wildman–Crippen MR) is 73.1 cm³/mol. The maximum atomic E-state index is 14.3. The molecule has 0 fully saturated rings. The van der Waals surface area contributed by atoms with E-state index >= 15 is 0 Å². The second-order valence-electron chi connectivity index (χ2n) is 6.00. The maximum Gasteiger partial charge on any atom is 0.267 e. The molecule has 2 aliphatic carbocycles. The molecular weight excluding hydrogens is 498 g/mol. The average Bonchev–Trinajstić information content (AvgIpc) is 2.67. The van der Waals surface area contributed by atoms with Gasteiger partial charge in [-0.25, -0.2) is 69.9 Å². The molecule has 2 aliphatic rings. The van der Waals surface area contributed by atoms with Gasteiger partial charge in [0.1, 0.15) is 0 Å². The van der Waals surface area contributed by atoms with Crippen molar-refractivity contribution in [3.8, 4) is 0 Å². The minimum atomic E-state index is -7.96. The number of halogens is 14. The summed E-state index contributed by atoms with van der Waals surface area (Å²) < 4.78 is 205. The first-order valence-electron chi connectivity index (χ1n) is 7.29. The van der Waals surface area contributed by atoms with Crippen molar-refractivity contribution >= 4 is 9.84 Å². The normalized spacial score (nSPS) is 33.4. The summed E-state index contributed by atoms with van der Waals surface area (Å²) in [5.41, 5.74) is 0. The molecule has 31 heavy (non-hydrogen) atoms. The van der Waals surface area contributed by atoms with E-state index in [1.165, 1.54) is 0 Å². The first-order chi connectivity index (χ1) is 14.0. The molecular formula is C14H4F14O2S. The van der Waals surface area contributed by atoms with Crippen molar-refractivity contribution in [3.05, 3.63) is 46.6 Å². The summed E-state index contributed by atoms with van der Waals surface area (Å²) in [6.07, 6.45) is -20.8. The first kappa shape index (κ1) is 25.2. The van der Waals surface area contributed by atoms with Gasteiger partial charge in [-0.1, -0.05) is 0 Å². The molecule has 0 amide bonds. The van der Waals surface area contributed by atoms with Gasteiger partial charge in [-0.15, -0.1) is 0 Å². The highest BCUT2D eigenvalue weighted by Gasteiger charge is 2.79. The number of hydrogen-bond acceptors (Lipinski definition) is 2. The second kappa shape index (κ2) is 7.51. The van der Waals surface area contributed by atoms with Gasteiger partial charge in [0.2, 0.25) is 9.49 Å². The molecule has 0 saturated carbocycles. The van der Waals surface area contributed by atoms with Gasteiger partial charge in [0.25, 0.3) is 12.9 Å². The Morgan fingerprint density at radius 3 is 1.06 bits per heavy atom. The van der Waals surface area contributed by atoms with Gasteiger partial charge in [-0.2, -0.15) is 0 Å². The molecule has 0 aromatic carbocycles. The van der Waals surface area contributed by atoms with Crippen LogP contribution in [0.1, 0.15) is 0 Å². The first-order valence-corrected chi connectivity index (χ1v) is 8.78. The quantitative estimate of drug-likeness (QED) is 0.462. The van der Waals surface area contributed by atoms with Crippen LogP contribution in [0.25, 0.3) is 0 Å². The van der Waals surface area contributed by atoms with Gasteiger partial charge in [-0.05, 0) is 0 Å². The molecule has 0 aliphatic heterocycles. The van der Waals surface area contributed by atoms with Crippen LogP contribution in [0.5, 0.6) is 0 Å². The number of allylic oxidation sites excluding steroid dienone is 6. The molecule has 0 N–H and O–H groups in total. The van der Waals surface area contributed by atoms with Crippen LogP contribution in [-0.2, 0) is 9.84 Å². The summed E-state index contributed by atoms with van der Waals surface area (Å²) in [5.74, 6) is -28.2. The predicted octanol–water partition coefficient (Wildman–Crippen LogP) is 5.71. The Kier molecular flexibility index (Phi) is 6.10. The van der Waals surface area contributed by atoms with E-state index in [0.717, 1.165) is 0 Å². The third-order valence-corrected chi connectivity index (χ3v) is 7.52. The Morgan fingerprint density at radius 2 is 0.839 bits per heavy atom. The summed E-state index contributed by atoms with van der Waals surface area (Å²) in [6.45, 7) is 0. The number of sulfone groups is 1. The zero-order valence-corrected chi connectivity index (χ0v) is 14.6. The highest BCUT2D eigenvalue weighted by molar-refractivity contribution is 7.94. The number of alkyl halides is 6. The fourth-order valence-corrected chi connectivity index (χ4v) is 5.43. The van der Waals surface area contributed by atoms with E-state index in [0.29, 0.717) is 0 Å². The van der Waals surface area contributed by atoms with Crippen molar-refractivity contribution < 1.29 is 69.9 Å². The molecule has 0 spiro atoms. The van der Waals surface area contributed by atoms with Crippen LogP contribution in [0, 0.1) is 0 Å². The molecule has 2 rings (SSSR count). The van der Waals surface area contributed by atoms with Crippen LogP contribution in [-0.4, -0.2) is 43.1 Å². The Bertz CT molecular complexity index is 965. The fraction of sp³-hybridized carbons (Fsp3) is 0.429. The lowest BCUT2D eigenvalue weighted by atomic mass is 9.93. The summed E-state index contributed by atoms with van der Waals surface area (Å²) in [4.78, 5) is 0. The standard InChI is InChI=1S/C14H4F14O2S/c15-1-3(17)7(21)13(11(25)26,8(22)4(1)18)31(29,30)14(12(27)28)9(23)5(19)2(16)6(20)10(14)24/h7,9,11-12H. The Labute approximate surface area is 162 Å². The van der Waals surface area contributed by atoms with E-state index < -0.39 is 91.1 Å². The number of hydrogen-bond donors (Lipinski definition) is 0. The SMILES string of the molecule is O=S(=O)(C1(C(F)F)C(F)=C(F)C(F)=C(F)C1F)C1(C(F)F)C(F)=C(F)C(F)=C(F)C1F. The smallest absolute Gasteiger partial charge is 0.237 e. The van der Waals surface area contributed by atoms with E-state index in [4.69, 9.17) is 0 Å². The number of rotatable bonds is 4. The Balaban J connectivity index is 3.13. The Hall–Kier alpha value is -2.07. The lowest BCUT2D eigenvalue weighted by molar-refractivity contribution is 0.0299. The minimum Gasteiger partial charge on any atom is -0.237 e. The maximum absolute atomic E-state index is 14.3. The van der Waals surface area contributed by atoms with E-state index in [-0.39, 0.29) is 0 Å². The average molecular weight is 502 g/mol. The molecule has 4 atom stereocenters. The van der Waals surface area contributed by atoms with Gasteiger partial charge < -0.3 is 0 Å². The molecule has 0 heterocycles. The molecule has 2 nitrogen and oxygen atoms in total. The third kappa shape index (κ3) is 2.67. The van der Waals surface area contributed by atoms with Crippen molar-refractivity contribution in [1.29, 1.82) is 0 Å². The van der Waals surface area contributed by atoms with Crippen molar-refractivity contribution in [2.75, 3.05) is 0 Å². The van der Waals surface area contributed by atoms with Crippen molar-refractivity contribution in [1.82, 2.24) is 0 Å². The molecule has 0 saturated heterocycles. The Morgan fingerprint density at radius 1 is 0.581 bits per heavy atom. The highest BCUT2D eigenvalue weighted by atomic mass is 32.2. The highest BCUT2D eigenvalue weighted by Crippen LogP contribution is 2.58. The zero-order valence-electron chi connectivity index (χ0n) is 13.8. The molecule has 0 radical (unpaired) electrons. The fourth-order valence-electron chi connectivity index (χ4n) is 3.00. The van der Waals surface area contributed by atoms with Gasteiger partial charge in [0.15, 0.2) is 68.8 Å².